The zero-order valence-electron chi connectivity index (χ0n) is 9.68. The lowest BCUT2D eigenvalue weighted by molar-refractivity contribution is -0.275. The maximum absolute atomic E-state index is 12.2. The van der Waals surface area contributed by atoms with Crippen molar-refractivity contribution in [3.63, 3.8) is 0 Å². The first kappa shape index (κ1) is 13.5. The normalized spacial score (nSPS) is 22.5. The second-order valence-corrected chi connectivity index (χ2v) is 4.24. The first-order valence-corrected chi connectivity index (χ1v) is 5.59. The van der Waals surface area contributed by atoms with E-state index in [1.54, 1.807) is 0 Å². The molecule has 1 aliphatic carbocycles. The van der Waals surface area contributed by atoms with Crippen molar-refractivity contribution in [3.8, 4) is 11.5 Å². The Bertz CT molecular complexity index is 466. The molecule has 0 aliphatic heterocycles. The predicted octanol–water partition coefficient (Wildman–Crippen LogP) is 2.83. The molecule has 1 fully saturated rings. The maximum atomic E-state index is 12.2. The van der Waals surface area contributed by atoms with Gasteiger partial charge in [0.1, 0.15) is 6.10 Å². The van der Waals surface area contributed by atoms with Gasteiger partial charge in [-0.3, -0.25) is 4.79 Å². The highest BCUT2D eigenvalue weighted by atomic mass is 19.4. The number of carboxylic acids is 1. The lowest BCUT2D eigenvalue weighted by Gasteiger charge is -2.32. The lowest BCUT2D eigenvalue weighted by atomic mass is 9.82. The Morgan fingerprint density at radius 2 is 1.79 bits per heavy atom. The van der Waals surface area contributed by atoms with Crippen LogP contribution >= 0.6 is 0 Å². The molecule has 104 valence electrons. The van der Waals surface area contributed by atoms with Crippen molar-refractivity contribution >= 4 is 5.97 Å². The van der Waals surface area contributed by atoms with Crippen LogP contribution in [0, 0.1) is 5.92 Å². The van der Waals surface area contributed by atoms with Gasteiger partial charge in [0.25, 0.3) is 0 Å². The van der Waals surface area contributed by atoms with Crippen LogP contribution in [-0.2, 0) is 4.79 Å². The molecule has 1 aromatic rings. The third kappa shape index (κ3) is 3.52. The standard InChI is InChI=1S/C12H11F3O4/c13-12(14,15)19-10-4-2-1-3-9(10)18-8-5-7(6-8)11(16)17/h1-4,7-8H,5-6H2,(H,16,17). The predicted molar refractivity (Wildman–Crippen MR) is 57.9 cm³/mol. The van der Waals surface area contributed by atoms with Crippen LogP contribution < -0.4 is 9.47 Å². The minimum absolute atomic E-state index is 0.0336. The molecule has 0 radical (unpaired) electrons. The number of aliphatic carboxylic acids is 1. The summed E-state index contributed by atoms with van der Waals surface area (Å²) in [6, 6.07) is 5.42. The summed E-state index contributed by atoms with van der Waals surface area (Å²) in [4.78, 5) is 10.6. The van der Waals surface area contributed by atoms with Gasteiger partial charge in [-0.15, -0.1) is 13.2 Å². The molecule has 0 unspecified atom stereocenters. The molecule has 19 heavy (non-hydrogen) atoms. The van der Waals surface area contributed by atoms with Crippen molar-refractivity contribution in [2.24, 2.45) is 5.92 Å². The van der Waals surface area contributed by atoms with Crippen LogP contribution in [0.5, 0.6) is 11.5 Å². The number of carbonyl (C=O) groups is 1. The highest BCUT2D eigenvalue weighted by molar-refractivity contribution is 5.71. The first-order chi connectivity index (χ1) is 8.85. The van der Waals surface area contributed by atoms with Crippen molar-refractivity contribution < 1.29 is 32.5 Å². The van der Waals surface area contributed by atoms with Crippen molar-refractivity contribution in [2.45, 2.75) is 25.3 Å². The summed E-state index contributed by atoms with van der Waals surface area (Å²) >= 11 is 0. The smallest absolute Gasteiger partial charge is 0.486 e. The van der Waals surface area contributed by atoms with Gasteiger partial charge in [0, 0.05) is 0 Å². The number of carboxylic acid groups (broad SMARTS) is 1. The lowest BCUT2D eigenvalue weighted by Crippen LogP contribution is -2.38. The van der Waals surface area contributed by atoms with Crippen LogP contribution in [-0.4, -0.2) is 23.5 Å². The Morgan fingerprint density at radius 1 is 1.21 bits per heavy atom. The fourth-order valence-corrected chi connectivity index (χ4v) is 1.80. The van der Waals surface area contributed by atoms with E-state index in [4.69, 9.17) is 9.84 Å². The third-order valence-corrected chi connectivity index (χ3v) is 2.81. The summed E-state index contributed by atoms with van der Waals surface area (Å²) < 4.78 is 45.7. The van der Waals surface area contributed by atoms with Crippen molar-refractivity contribution in [2.75, 3.05) is 0 Å². The molecule has 1 aromatic carbocycles. The topological polar surface area (TPSA) is 55.8 Å². The van der Waals surface area contributed by atoms with Gasteiger partial charge in [-0.1, -0.05) is 12.1 Å². The van der Waals surface area contributed by atoms with Crippen LogP contribution in [0.1, 0.15) is 12.8 Å². The van der Waals surface area contributed by atoms with Crippen molar-refractivity contribution in [1.29, 1.82) is 0 Å². The zero-order valence-corrected chi connectivity index (χ0v) is 9.68. The molecule has 2 rings (SSSR count). The van der Waals surface area contributed by atoms with Gasteiger partial charge in [-0.2, -0.15) is 0 Å². The Hall–Kier alpha value is -1.92. The molecule has 0 spiro atoms. The molecular formula is C12H11F3O4. The summed E-state index contributed by atoms with van der Waals surface area (Å²) in [5.41, 5.74) is 0. The van der Waals surface area contributed by atoms with Crippen LogP contribution in [0.4, 0.5) is 13.2 Å². The fourth-order valence-electron chi connectivity index (χ4n) is 1.80. The van der Waals surface area contributed by atoms with Gasteiger partial charge >= 0.3 is 12.3 Å². The monoisotopic (exact) mass is 276 g/mol. The second-order valence-electron chi connectivity index (χ2n) is 4.24. The largest absolute Gasteiger partial charge is 0.573 e. The van der Waals surface area contributed by atoms with E-state index in [2.05, 4.69) is 4.74 Å². The van der Waals surface area contributed by atoms with E-state index in [1.165, 1.54) is 18.2 Å². The van der Waals surface area contributed by atoms with Crippen LogP contribution in [0.25, 0.3) is 0 Å². The second kappa shape index (κ2) is 4.99. The summed E-state index contributed by atoms with van der Waals surface area (Å²) in [6.45, 7) is 0. The van der Waals surface area contributed by atoms with E-state index in [9.17, 15) is 18.0 Å². The Balaban J connectivity index is 1.99. The SMILES string of the molecule is O=C(O)C1CC(Oc2ccccc2OC(F)(F)F)C1. The molecule has 0 aromatic heterocycles. The number of halogens is 3. The van der Waals surface area contributed by atoms with Crippen LogP contribution in [0.15, 0.2) is 24.3 Å². The number of alkyl halides is 3. The van der Waals surface area contributed by atoms with E-state index in [-0.39, 0.29) is 24.7 Å². The van der Waals surface area contributed by atoms with Gasteiger partial charge < -0.3 is 14.6 Å². The average molecular weight is 276 g/mol. The Morgan fingerprint density at radius 3 is 2.32 bits per heavy atom. The molecule has 0 heterocycles. The quantitative estimate of drug-likeness (QED) is 0.918. The highest BCUT2D eigenvalue weighted by Crippen LogP contribution is 2.37. The Kier molecular flexibility index (Phi) is 3.55. The summed E-state index contributed by atoms with van der Waals surface area (Å²) in [7, 11) is 0. The fraction of sp³-hybridized carbons (Fsp3) is 0.417. The minimum Gasteiger partial charge on any atom is -0.486 e. The molecule has 4 nitrogen and oxygen atoms in total. The van der Waals surface area contributed by atoms with Gasteiger partial charge in [0.15, 0.2) is 11.5 Å². The highest BCUT2D eigenvalue weighted by Gasteiger charge is 2.37. The van der Waals surface area contributed by atoms with E-state index >= 15 is 0 Å². The van der Waals surface area contributed by atoms with Gasteiger partial charge in [0.2, 0.25) is 0 Å². The molecule has 1 aliphatic rings. The van der Waals surface area contributed by atoms with E-state index in [1.807, 2.05) is 0 Å². The van der Waals surface area contributed by atoms with Gasteiger partial charge in [-0.05, 0) is 25.0 Å². The number of hydrogen-bond acceptors (Lipinski definition) is 3. The van der Waals surface area contributed by atoms with E-state index in [0.29, 0.717) is 0 Å². The summed E-state index contributed by atoms with van der Waals surface area (Å²) in [5, 5.41) is 8.70. The number of rotatable bonds is 4. The third-order valence-electron chi connectivity index (χ3n) is 2.81. The number of benzene rings is 1. The van der Waals surface area contributed by atoms with Gasteiger partial charge in [0.05, 0.1) is 5.92 Å². The molecular weight excluding hydrogens is 265 g/mol. The van der Waals surface area contributed by atoms with E-state index in [0.717, 1.165) is 6.07 Å². The molecule has 0 bridgehead atoms. The minimum atomic E-state index is -4.79. The van der Waals surface area contributed by atoms with Crippen LogP contribution in [0.2, 0.25) is 0 Å². The molecule has 1 saturated carbocycles. The Labute approximate surface area is 106 Å². The molecule has 7 heteroatoms. The summed E-state index contributed by atoms with van der Waals surface area (Å²) in [5.74, 6) is -1.86. The maximum Gasteiger partial charge on any atom is 0.573 e. The summed E-state index contributed by atoms with van der Waals surface area (Å²) in [6.07, 6.45) is -4.60. The molecule has 0 saturated heterocycles. The molecule has 1 N–H and O–H groups in total. The number of para-hydroxylation sites is 2. The van der Waals surface area contributed by atoms with Crippen molar-refractivity contribution in [1.82, 2.24) is 0 Å². The zero-order chi connectivity index (χ0) is 14.0. The van der Waals surface area contributed by atoms with Crippen molar-refractivity contribution in [3.05, 3.63) is 24.3 Å². The number of ether oxygens (including phenoxy) is 2. The molecule has 0 amide bonds. The van der Waals surface area contributed by atoms with Crippen LogP contribution in [0.3, 0.4) is 0 Å². The molecule has 0 atom stereocenters. The van der Waals surface area contributed by atoms with Gasteiger partial charge in [-0.25, -0.2) is 0 Å². The number of hydrogen-bond donors (Lipinski definition) is 1. The van der Waals surface area contributed by atoms with E-state index < -0.39 is 24.0 Å². The average Bonchev–Trinajstić information content (AvgIpc) is 2.22. The first-order valence-electron chi connectivity index (χ1n) is 5.59.